The average Bonchev–Trinajstić information content (AvgIpc) is 3.48. The van der Waals surface area contributed by atoms with E-state index in [0.717, 1.165) is 29.8 Å². The molecule has 2 amide bonds. The van der Waals surface area contributed by atoms with E-state index in [1.807, 2.05) is 40.1 Å². The lowest BCUT2D eigenvalue weighted by atomic mass is 9.93. The number of benzene rings is 1. The van der Waals surface area contributed by atoms with Gasteiger partial charge in [0.1, 0.15) is 5.82 Å². The van der Waals surface area contributed by atoms with E-state index in [1.54, 1.807) is 18.5 Å². The molecule has 1 heterocycles. The molecule has 1 aliphatic rings. The quantitative estimate of drug-likeness (QED) is 0.707. The van der Waals surface area contributed by atoms with Crippen molar-refractivity contribution in [1.82, 2.24) is 20.2 Å². The van der Waals surface area contributed by atoms with Gasteiger partial charge in [-0.25, -0.2) is 9.97 Å². The number of likely N-dealkylation sites (N-methyl/N-ethyl adjacent to an activating group) is 1. The van der Waals surface area contributed by atoms with Crippen LogP contribution in [0.2, 0.25) is 0 Å². The molecule has 7 heteroatoms. The summed E-state index contributed by atoms with van der Waals surface area (Å²) >= 11 is 0. The lowest BCUT2D eigenvalue weighted by Gasteiger charge is -2.26. The second-order valence-corrected chi connectivity index (χ2v) is 8.08. The molecule has 0 aliphatic heterocycles. The van der Waals surface area contributed by atoms with Crippen molar-refractivity contribution < 1.29 is 9.59 Å². The average molecular weight is 396 g/mol. The summed E-state index contributed by atoms with van der Waals surface area (Å²) in [6, 6.07) is 5.60. The molecule has 2 aromatic rings. The van der Waals surface area contributed by atoms with Crippen LogP contribution < -0.4 is 11.1 Å². The van der Waals surface area contributed by atoms with Crippen molar-refractivity contribution in [3.63, 3.8) is 0 Å². The van der Waals surface area contributed by atoms with Crippen molar-refractivity contribution in [2.24, 2.45) is 11.7 Å². The Kier molecular flexibility index (Phi) is 6.27. The number of aryl methyl sites for hydroxylation is 2. The summed E-state index contributed by atoms with van der Waals surface area (Å²) in [6.45, 7) is 4.55. The zero-order chi connectivity index (χ0) is 21.1. The Morgan fingerprint density at radius 3 is 2.38 bits per heavy atom. The summed E-state index contributed by atoms with van der Waals surface area (Å²) in [7, 11) is 4.02. The highest BCUT2D eigenvalue weighted by molar-refractivity contribution is 5.93. The first-order valence-corrected chi connectivity index (χ1v) is 9.89. The minimum Gasteiger partial charge on any atom is -0.366 e. The standard InChI is InChI=1S/C22H29N5O2/c1-13-8-15(20(23)28)9-14(2)17(13)10-16(27(3)4)12-26-22(29)19-11-18(19)21-24-6-5-7-25-21/h5-9,16,18-19H,10-12H2,1-4H3,(H2,23,28)(H,26,29). The molecule has 0 bridgehead atoms. The maximum Gasteiger partial charge on any atom is 0.248 e. The number of carbonyl (C=O) groups is 2. The molecule has 1 aromatic heterocycles. The molecule has 1 aliphatic carbocycles. The van der Waals surface area contributed by atoms with Gasteiger partial charge in [0.2, 0.25) is 11.8 Å². The minimum absolute atomic E-state index is 0.0430. The molecule has 1 saturated carbocycles. The van der Waals surface area contributed by atoms with Gasteiger partial charge >= 0.3 is 0 Å². The Bertz CT molecular complexity index is 874. The number of hydrogen-bond acceptors (Lipinski definition) is 5. The van der Waals surface area contributed by atoms with Crippen LogP contribution in [0.1, 0.15) is 45.2 Å². The summed E-state index contributed by atoms with van der Waals surface area (Å²) in [5, 5.41) is 3.10. The fourth-order valence-electron chi connectivity index (χ4n) is 3.75. The second kappa shape index (κ2) is 8.69. The first-order valence-electron chi connectivity index (χ1n) is 9.89. The highest BCUT2D eigenvalue weighted by Gasteiger charge is 2.45. The van der Waals surface area contributed by atoms with Gasteiger partial charge in [-0.15, -0.1) is 0 Å². The number of amides is 2. The molecule has 0 saturated heterocycles. The largest absolute Gasteiger partial charge is 0.366 e. The van der Waals surface area contributed by atoms with Crippen LogP contribution >= 0.6 is 0 Å². The number of nitrogens with one attached hydrogen (secondary N) is 1. The number of carbonyl (C=O) groups excluding carboxylic acids is 2. The molecule has 3 atom stereocenters. The normalized spacial score (nSPS) is 19.1. The molecular formula is C22H29N5O2. The summed E-state index contributed by atoms with van der Waals surface area (Å²) in [6.07, 6.45) is 5.01. The Labute approximate surface area is 171 Å². The van der Waals surface area contributed by atoms with Gasteiger partial charge in [-0.1, -0.05) is 0 Å². The van der Waals surface area contributed by atoms with Crippen molar-refractivity contribution in [2.75, 3.05) is 20.6 Å². The van der Waals surface area contributed by atoms with E-state index in [4.69, 9.17) is 5.73 Å². The molecule has 7 nitrogen and oxygen atoms in total. The topological polar surface area (TPSA) is 101 Å². The van der Waals surface area contributed by atoms with Gasteiger partial charge in [-0.05, 0) is 75.7 Å². The van der Waals surface area contributed by atoms with Crippen molar-refractivity contribution in [3.05, 3.63) is 58.7 Å². The molecule has 0 radical (unpaired) electrons. The van der Waals surface area contributed by atoms with Crippen LogP contribution in [0.4, 0.5) is 0 Å². The van der Waals surface area contributed by atoms with Crippen LogP contribution in [0.25, 0.3) is 0 Å². The van der Waals surface area contributed by atoms with E-state index in [0.29, 0.717) is 12.1 Å². The molecule has 1 fully saturated rings. The van der Waals surface area contributed by atoms with Gasteiger partial charge in [0.05, 0.1) is 0 Å². The van der Waals surface area contributed by atoms with Crippen molar-refractivity contribution in [2.45, 2.75) is 38.6 Å². The predicted molar refractivity (Wildman–Crippen MR) is 112 cm³/mol. The maximum absolute atomic E-state index is 12.6. The molecule has 3 unspecified atom stereocenters. The molecule has 29 heavy (non-hydrogen) atoms. The Hall–Kier alpha value is -2.80. The first kappa shape index (κ1) is 20.9. The van der Waals surface area contributed by atoms with Gasteiger partial charge in [0, 0.05) is 42.4 Å². The number of hydrogen-bond donors (Lipinski definition) is 2. The fraction of sp³-hybridized carbons (Fsp3) is 0.455. The molecule has 3 rings (SSSR count). The zero-order valence-electron chi connectivity index (χ0n) is 17.5. The number of primary amides is 1. The third-order valence-electron chi connectivity index (χ3n) is 5.71. The van der Waals surface area contributed by atoms with E-state index in [2.05, 4.69) is 20.2 Å². The Balaban J connectivity index is 1.62. The Morgan fingerprint density at radius 1 is 1.21 bits per heavy atom. The van der Waals surface area contributed by atoms with Crippen molar-refractivity contribution >= 4 is 11.8 Å². The summed E-state index contributed by atoms with van der Waals surface area (Å²) in [4.78, 5) is 34.7. The predicted octanol–water partition coefficient (Wildman–Crippen LogP) is 1.58. The van der Waals surface area contributed by atoms with Crippen LogP contribution in [-0.4, -0.2) is 53.4 Å². The Morgan fingerprint density at radius 2 is 1.83 bits per heavy atom. The summed E-state index contributed by atoms with van der Waals surface area (Å²) in [5.74, 6) is 0.475. The number of nitrogens with two attached hydrogens (primary N) is 1. The smallest absolute Gasteiger partial charge is 0.248 e. The van der Waals surface area contributed by atoms with Crippen molar-refractivity contribution in [1.29, 1.82) is 0 Å². The summed E-state index contributed by atoms with van der Waals surface area (Å²) in [5.41, 5.74) is 9.21. The van der Waals surface area contributed by atoms with Gasteiger partial charge < -0.3 is 16.0 Å². The lowest BCUT2D eigenvalue weighted by Crippen LogP contribution is -2.42. The van der Waals surface area contributed by atoms with Gasteiger partial charge in [-0.3, -0.25) is 9.59 Å². The van der Waals surface area contributed by atoms with Crippen LogP contribution in [0.5, 0.6) is 0 Å². The number of nitrogens with zero attached hydrogens (tertiary/aromatic N) is 3. The van der Waals surface area contributed by atoms with Gasteiger partial charge in [0.25, 0.3) is 0 Å². The van der Waals surface area contributed by atoms with Crippen LogP contribution in [0.3, 0.4) is 0 Å². The van der Waals surface area contributed by atoms with Crippen LogP contribution in [-0.2, 0) is 11.2 Å². The number of rotatable bonds is 8. The minimum atomic E-state index is -0.416. The fourth-order valence-corrected chi connectivity index (χ4v) is 3.75. The van der Waals surface area contributed by atoms with E-state index in [-0.39, 0.29) is 23.8 Å². The van der Waals surface area contributed by atoms with Crippen LogP contribution in [0.15, 0.2) is 30.6 Å². The van der Waals surface area contributed by atoms with Gasteiger partial charge in [-0.2, -0.15) is 0 Å². The van der Waals surface area contributed by atoms with E-state index >= 15 is 0 Å². The van der Waals surface area contributed by atoms with E-state index in [1.165, 1.54) is 5.56 Å². The van der Waals surface area contributed by atoms with Crippen LogP contribution in [0, 0.1) is 19.8 Å². The number of aromatic nitrogens is 2. The molecule has 154 valence electrons. The molecular weight excluding hydrogens is 366 g/mol. The highest BCUT2D eigenvalue weighted by atomic mass is 16.2. The molecule has 1 aromatic carbocycles. The SMILES string of the molecule is Cc1cc(C(N)=O)cc(C)c1CC(CNC(=O)C1CC1c1ncccn1)N(C)C. The van der Waals surface area contributed by atoms with Gasteiger partial charge in [0.15, 0.2) is 0 Å². The summed E-state index contributed by atoms with van der Waals surface area (Å²) < 4.78 is 0. The van der Waals surface area contributed by atoms with E-state index in [9.17, 15) is 9.59 Å². The monoisotopic (exact) mass is 395 g/mol. The molecule has 0 spiro atoms. The molecule has 3 N–H and O–H groups in total. The second-order valence-electron chi connectivity index (χ2n) is 8.08. The van der Waals surface area contributed by atoms with Crippen molar-refractivity contribution in [3.8, 4) is 0 Å². The first-order chi connectivity index (χ1) is 13.8. The lowest BCUT2D eigenvalue weighted by molar-refractivity contribution is -0.122. The third-order valence-corrected chi connectivity index (χ3v) is 5.71. The third kappa shape index (κ3) is 4.98. The highest BCUT2D eigenvalue weighted by Crippen LogP contribution is 2.45. The van der Waals surface area contributed by atoms with E-state index < -0.39 is 5.91 Å². The zero-order valence-corrected chi connectivity index (χ0v) is 17.5. The maximum atomic E-state index is 12.6.